The van der Waals surface area contributed by atoms with Crippen molar-refractivity contribution in [2.24, 2.45) is 0 Å². The molecule has 0 saturated carbocycles. The van der Waals surface area contributed by atoms with E-state index < -0.39 is 6.04 Å². The molecule has 7 aromatic rings. The molecule has 0 fully saturated rings. The molecule has 0 amide bonds. The molecule has 0 N–H and O–H groups in total. The van der Waals surface area contributed by atoms with Crippen molar-refractivity contribution in [1.29, 1.82) is 0 Å². The van der Waals surface area contributed by atoms with Gasteiger partial charge in [-0.15, -0.1) is 0 Å². The summed E-state index contributed by atoms with van der Waals surface area (Å²) in [4.78, 5) is 0. The molecular formula is C34H21F. The molecule has 0 saturated heterocycles. The van der Waals surface area contributed by atoms with Crippen molar-refractivity contribution in [3.8, 4) is 22.3 Å². The molecule has 164 valence electrons. The van der Waals surface area contributed by atoms with E-state index in [-0.39, 0.29) is 35.6 Å². The van der Waals surface area contributed by atoms with Crippen LogP contribution in [0.3, 0.4) is 0 Å². The predicted octanol–water partition coefficient (Wildman–Crippen LogP) is 9.77. The Labute approximate surface area is 209 Å². The van der Waals surface area contributed by atoms with Gasteiger partial charge in [-0.25, -0.2) is 4.39 Å². The Kier molecular flexibility index (Phi) is 3.43. The van der Waals surface area contributed by atoms with E-state index in [0.29, 0.717) is 5.56 Å². The molecule has 1 heteroatoms. The van der Waals surface area contributed by atoms with Gasteiger partial charge in [-0.1, -0.05) is 115 Å². The second-order valence-electron chi connectivity index (χ2n) is 8.68. The summed E-state index contributed by atoms with van der Waals surface area (Å²) in [5.41, 5.74) is 2.29. The van der Waals surface area contributed by atoms with Crippen LogP contribution in [0.4, 0.5) is 4.39 Å². The van der Waals surface area contributed by atoms with Gasteiger partial charge in [0, 0.05) is 0 Å². The minimum absolute atomic E-state index is 0.153. The van der Waals surface area contributed by atoms with Gasteiger partial charge in [-0.05, 0) is 77.5 Å². The van der Waals surface area contributed by atoms with E-state index in [9.17, 15) is 0 Å². The highest BCUT2D eigenvalue weighted by Gasteiger charge is 2.18. The maximum atomic E-state index is 15.4. The molecule has 0 atom stereocenters. The molecule has 0 heterocycles. The lowest BCUT2D eigenvalue weighted by Crippen LogP contribution is -1.92. The van der Waals surface area contributed by atoms with Crippen molar-refractivity contribution >= 4 is 43.1 Å². The first-order valence-electron chi connectivity index (χ1n) is 14.0. The minimum atomic E-state index is -0.428. The molecule has 0 aliphatic heterocycles. The van der Waals surface area contributed by atoms with Crippen molar-refractivity contribution in [2.45, 2.75) is 0 Å². The SMILES string of the molecule is [2H]c1c([2H])c([2H])c(-c2c3ccccc3c(-c3cc(F)cc4c3ccc3ccccc34)c3ccccc23)c([2H])c1[2H]. The second-order valence-corrected chi connectivity index (χ2v) is 8.68. The fraction of sp³-hybridized carbons (Fsp3) is 0. The Morgan fingerprint density at radius 1 is 0.486 bits per heavy atom. The van der Waals surface area contributed by atoms with Crippen LogP contribution in [0.1, 0.15) is 6.85 Å². The topological polar surface area (TPSA) is 0 Å². The van der Waals surface area contributed by atoms with Crippen LogP contribution >= 0.6 is 0 Å². The first kappa shape index (κ1) is 15.4. The van der Waals surface area contributed by atoms with Gasteiger partial charge < -0.3 is 0 Å². The minimum Gasteiger partial charge on any atom is -0.207 e. The molecule has 0 nitrogen and oxygen atoms in total. The first-order chi connectivity index (χ1) is 19.4. The highest BCUT2D eigenvalue weighted by Crippen LogP contribution is 2.45. The zero-order valence-corrected chi connectivity index (χ0v) is 18.6. The third-order valence-corrected chi connectivity index (χ3v) is 6.78. The lowest BCUT2D eigenvalue weighted by Gasteiger charge is -2.19. The summed E-state index contributed by atoms with van der Waals surface area (Å²) in [6.07, 6.45) is 0. The summed E-state index contributed by atoms with van der Waals surface area (Å²) in [7, 11) is 0. The number of halogens is 1. The second kappa shape index (κ2) is 7.78. The van der Waals surface area contributed by atoms with Crippen molar-refractivity contribution in [2.75, 3.05) is 0 Å². The predicted molar refractivity (Wildman–Crippen MR) is 147 cm³/mol. The molecule has 0 spiro atoms. The van der Waals surface area contributed by atoms with E-state index in [4.69, 9.17) is 6.85 Å². The summed E-state index contributed by atoms with van der Waals surface area (Å²) in [6, 6.07) is 28.7. The van der Waals surface area contributed by atoms with Crippen molar-refractivity contribution in [3.63, 3.8) is 0 Å². The molecule has 35 heavy (non-hydrogen) atoms. The largest absolute Gasteiger partial charge is 0.207 e. The van der Waals surface area contributed by atoms with Crippen LogP contribution in [0, 0.1) is 5.82 Å². The smallest absolute Gasteiger partial charge is 0.124 e. The molecule has 0 aromatic heterocycles. The van der Waals surface area contributed by atoms with Gasteiger partial charge in [0.05, 0.1) is 6.85 Å². The third kappa shape index (κ3) is 3.05. The summed E-state index contributed by atoms with van der Waals surface area (Å²) in [5.74, 6) is -0.346. The van der Waals surface area contributed by atoms with Gasteiger partial charge in [0.2, 0.25) is 0 Å². The number of rotatable bonds is 2. The number of hydrogen-bond acceptors (Lipinski definition) is 0. The fourth-order valence-corrected chi connectivity index (χ4v) is 5.35. The summed E-state index contributed by atoms with van der Waals surface area (Å²) in [5, 5.41) is 6.79. The zero-order valence-electron chi connectivity index (χ0n) is 23.6. The van der Waals surface area contributed by atoms with Gasteiger partial charge in [0.1, 0.15) is 5.82 Å². The highest BCUT2D eigenvalue weighted by molar-refractivity contribution is 6.24. The van der Waals surface area contributed by atoms with Crippen LogP contribution in [0.2, 0.25) is 0 Å². The average molecular weight is 454 g/mol. The quantitative estimate of drug-likeness (QED) is 0.180. The standard InChI is InChI=1S/C34H21F/c35-24-20-31-25-13-5-4-10-22(25)18-19-26(31)32(21-24)34-29-16-8-6-14-27(29)33(23-11-2-1-3-12-23)28-15-7-9-17-30(28)34/h1-21H/i1D,2D,3D,11D,12D. The zero-order chi connectivity index (χ0) is 27.7. The molecule has 0 unspecified atom stereocenters. The maximum absolute atomic E-state index is 15.4. The van der Waals surface area contributed by atoms with Crippen molar-refractivity contribution in [3.05, 3.63) is 133 Å². The summed E-state index contributed by atoms with van der Waals surface area (Å²) in [6.45, 7) is 0. The Morgan fingerprint density at radius 3 is 1.71 bits per heavy atom. The number of hydrogen-bond donors (Lipinski definition) is 0. The van der Waals surface area contributed by atoms with E-state index in [1.807, 2.05) is 84.9 Å². The molecular weight excluding hydrogens is 427 g/mol. The van der Waals surface area contributed by atoms with Crippen LogP contribution in [0.25, 0.3) is 65.3 Å². The highest BCUT2D eigenvalue weighted by atomic mass is 19.1. The van der Waals surface area contributed by atoms with Crippen LogP contribution in [-0.2, 0) is 0 Å². The molecule has 0 bridgehead atoms. The van der Waals surface area contributed by atoms with Gasteiger partial charge in [0.15, 0.2) is 0 Å². The van der Waals surface area contributed by atoms with E-state index in [0.717, 1.165) is 54.2 Å². The Morgan fingerprint density at radius 2 is 1.06 bits per heavy atom. The lowest BCUT2D eigenvalue weighted by molar-refractivity contribution is 0.630. The monoisotopic (exact) mass is 453 g/mol. The summed E-state index contributed by atoms with van der Waals surface area (Å²) < 4.78 is 57.6. The molecule has 7 rings (SSSR count). The van der Waals surface area contributed by atoms with Gasteiger partial charge in [-0.2, -0.15) is 0 Å². The third-order valence-electron chi connectivity index (χ3n) is 6.78. The fourth-order valence-electron chi connectivity index (χ4n) is 5.35. The van der Waals surface area contributed by atoms with E-state index in [1.165, 1.54) is 0 Å². The maximum Gasteiger partial charge on any atom is 0.124 e. The Bertz CT molecular complexity index is 2100. The number of benzene rings is 7. The first-order valence-corrected chi connectivity index (χ1v) is 11.5. The van der Waals surface area contributed by atoms with Crippen LogP contribution in [-0.4, -0.2) is 0 Å². The normalized spacial score (nSPS) is 13.6. The van der Waals surface area contributed by atoms with Crippen molar-refractivity contribution < 1.29 is 11.2 Å². The van der Waals surface area contributed by atoms with E-state index in [2.05, 4.69) is 0 Å². The number of fused-ring (bicyclic) bond motifs is 5. The van der Waals surface area contributed by atoms with E-state index in [1.54, 1.807) is 12.1 Å². The summed E-state index contributed by atoms with van der Waals surface area (Å²) >= 11 is 0. The molecule has 0 aliphatic carbocycles. The van der Waals surface area contributed by atoms with Crippen molar-refractivity contribution in [1.82, 2.24) is 0 Å². The lowest BCUT2D eigenvalue weighted by atomic mass is 9.84. The van der Waals surface area contributed by atoms with E-state index >= 15 is 4.39 Å². The molecule has 0 radical (unpaired) electrons. The molecule has 0 aliphatic rings. The Balaban J connectivity index is 1.70. The van der Waals surface area contributed by atoms with Gasteiger partial charge >= 0.3 is 0 Å². The Hall–Kier alpha value is -4.49. The van der Waals surface area contributed by atoms with Gasteiger partial charge in [0.25, 0.3) is 0 Å². The van der Waals surface area contributed by atoms with Crippen LogP contribution in [0.5, 0.6) is 0 Å². The van der Waals surface area contributed by atoms with Gasteiger partial charge in [-0.3, -0.25) is 0 Å². The average Bonchev–Trinajstić information content (AvgIpc) is 2.98. The molecule has 7 aromatic carbocycles. The van der Waals surface area contributed by atoms with Crippen LogP contribution in [0.15, 0.2) is 127 Å². The van der Waals surface area contributed by atoms with Crippen LogP contribution < -0.4 is 0 Å².